The molecule has 0 fully saturated rings. The van der Waals surface area contributed by atoms with E-state index in [1.165, 1.54) is 6.33 Å². The molecule has 30 heavy (non-hydrogen) atoms. The number of aromatic nitrogens is 3. The molecule has 1 heterocycles. The summed E-state index contributed by atoms with van der Waals surface area (Å²) in [6.07, 6.45) is 3.16. The van der Waals surface area contributed by atoms with Gasteiger partial charge in [-0.3, -0.25) is 0 Å². The molecule has 3 aromatic carbocycles. The highest BCUT2D eigenvalue weighted by atomic mass is 79.9. The van der Waals surface area contributed by atoms with Crippen molar-refractivity contribution < 1.29 is 4.84 Å². The number of benzene rings is 3. The Balaban J connectivity index is 1.53. The maximum absolute atomic E-state index is 5.93. The van der Waals surface area contributed by atoms with Gasteiger partial charge in [0.25, 0.3) is 0 Å². The lowest BCUT2D eigenvalue weighted by atomic mass is 10.0. The van der Waals surface area contributed by atoms with Crippen LogP contribution >= 0.6 is 27.5 Å². The van der Waals surface area contributed by atoms with E-state index >= 15 is 0 Å². The first-order valence-corrected chi connectivity index (χ1v) is 10.5. The lowest BCUT2D eigenvalue weighted by Gasteiger charge is -2.09. The second-order valence-electron chi connectivity index (χ2n) is 6.62. The van der Waals surface area contributed by atoms with Crippen LogP contribution in [0.4, 0.5) is 0 Å². The van der Waals surface area contributed by atoms with Gasteiger partial charge in [-0.25, -0.2) is 9.67 Å². The summed E-state index contributed by atoms with van der Waals surface area (Å²) < 4.78 is 2.77. The fraction of sp³-hybridized carbons (Fsp3) is 0.0870. The molecular formula is C23H18BrClN4O. The zero-order valence-corrected chi connectivity index (χ0v) is 18.3. The summed E-state index contributed by atoms with van der Waals surface area (Å²) in [7, 11) is 0. The molecule has 5 nitrogen and oxygen atoms in total. The Morgan fingerprint density at radius 3 is 2.23 bits per heavy atom. The van der Waals surface area contributed by atoms with E-state index in [0.717, 1.165) is 32.4 Å². The molecule has 0 bridgehead atoms. The predicted octanol–water partition coefficient (Wildman–Crippen LogP) is 5.98. The maximum atomic E-state index is 5.93. The van der Waals surface area contributed by atoms with Crippen molar-refractivity contribution in [2.75, 3.05) is 0 Å². The van der Waals surface area contributed by atoms with Gasteiger partial charge in [0.05, 0.1) is 6.54 Å². The summed E-state index contributed by atoms with van der Waals surface area (Å²) in [5, 5.41) is 9.26. The van der Waals surface area contributed by atoms with E-state index in [0.29, 0.717) is 18.2 Å². The van der Waals surface area contributed by atoms with E-state index in [9.17, 15) is 0 Å². The normalized spacial score (nSPS) is 11.5. The van der Waals surface area contributed by atoms with Crippen LogP contribution in [0.5, 0.6) is 0 Å². The Morgan fingerprint density at radius 2 is 1.60 bits per heavy atom. The molecule has 150 valence electrons. The number of hydrogen-bond donors (Lipinski definition) is 0. The molecule has 0 aliphatic carbocycles. The fourth-order valence-corrected chi connectivity index (χ4v) is 3.29. The first kappa shape index (κ1) is 20.3. The predicted molar refractivity (Wildman–Crippen MR) is 122 cm³/mol. The lowest BCUT2D eigenvalue weighted by Crippen LogP contribution is -2.13. The van der Waals surface area contributed by atoms with Crippen LogP contribution in [-0.4, -0.2) is 20.5 Å². The molecule has 0 spiro atoms. The number of hydrogen-bond acceptors (Lipinski definition) is 4. The summed E-state index contributed by atoms with van der Waals surface area (Å²) in [5.74, 6) is 0. The minimum atomic E-state index is 0.356. The summed E-state index contributed by atoms with van der Waals surface area (Å²) in [6, 6.07) is 24.0. The van der Waals surface area contributed by atoms with Crippen molar-refractivity contribution in [3.63, 3.8) is 0 Å². The second kappa shape index (κ2) is 9.69. The minimum absolute atomic E-state index is 0.356. The second-order valence-corrected chi connectivity index (χ2v) is 7.97. The highest BCUT2D eigenvalue weighted by molar-refractivity contribution is 9.10. The van der Waals surface area contributed by atoms with Gasteiger partial charge in [0.2, 0.25) is 0 Å². The van der Waals surface area contributed by atoms with Crippen LogP contribution < -0.4 is 0 Å². The highest BCUT2D eigenvalue weighted by Crippen LogP contribution is 2.22. The molecule has 0 unspecified atom stereocenters. The van der Waals surface area contributed by atoms with Gasteiger partial charge in [-0.1, -0.05) is 81.2 Å². The maximum Gasteiger partial charge on any atom is 0.142 e. The Bertz CT molecular complexity index is 1110. The Labute approximate surface area is 188 Å². The minimum Gasteiger partial charge on any atom is -0.391 e. The van der Waals surface area contributed by atoms with Gasteiger partial charge >= 0.3 is 0 Å². The number of nitrogens with zero attached hydrogens (tertiary/aromatic N) is 4. The van der Waals surface area contributed by atoms with Crippen LogP contribution in [0.1, 0.15) is 11.1 Å². The molecule has 0 amide bonds. The SMILES string of the molecule is Clc1ccc(CO/N=C(/Cn2cncn2)c2ccc(-c3ccc(Br)cc3)cc2)cc1. The molecule has 4 aromatic rings. The van der Waals surface area contributed by atoms with Crippen LogP contribution in [0.3, 0.4) is 0 Å². The smallest absolute Gasteiger partial charge is 0.142 e. The molecule has 4 rings (SSSR count). The van der Waals surface area contributed by atoms with E-state index in [2.05, 4.69) is 55.4 Å². The van der Waals surface area contributed by atoms with Crippen molar-refractivity contribution in [1.82, 2.24) is 14.8 Å². The lowest BCUT2D eigenvalue weighted by molar-refractivity contribution is 0.130. The van der Waals surface area contributed by atoms with Gasteiger partial charge in [-0.15, -0.1) is 0 Å². The first-order valence-electron chi connectivity index (χ1n) is 9.29. The zero-order valence-electron chi connectivity index (χ0n) is 16.0. The number of rotatable bonds is 7. The Kier molecular flexibility index (Phi) is 6.57. The van der Waals surface area contributed by atoms with E-state index in [1.54, 1.807) is 11.0 Å². The molecule has 0 N–H and O–H groups in total. The average molecular weight is 482 g/mol. The van der Waals surface area contributed by atoms with Crippen molar-refractivity contribution in [2.45, 2.75) is 13.2 Å². The van der Waals surface area contributed by atoms with Crippen LogP contribution in [0.2, 0.25) is 5.02 Å². The van der Waals surface area contributed by atoms with Crippen molar-refractivity contribution in [3.05, 3.63) is 106 Å². The van der Waals surface area contributed by atoms with E-state index in [4.69, 9.17) is 16.4 Å². The largest absolute Gasteiger partial charge is 0.391 e. The molecular weight excluding hydrogens is 464 g/mol. The van der Waals surface area contributed by atoms with E-state index < -0.39 is 0 Å². The highest BCUT2D eigenvalue weighted by Gasteiger charge is 2.08. The topological polar surface area (TPSA) is 52.3 Å². The standard InChI is InChI=1S/C23H18BrClN4O/c24-21-9-7-19(8-10-21)18-3-5-20(6-4-18)23(13-29-16-26-15-27-29)28-30-14-17-1-11-22(25)12-2-17/h1-12,15-16H,13-14H2/b28-23-. The average Bonchev–Trinajstić information content (AvgIpc) is 3.28. The molecule has 1 aromatic heterocycles. The van der Waals surface area contributed by atoms with Crippen LogP contribution in [-0.2, 0) is 18.0 Å². The van der Waals surface area contributed by atoms with Crippen molar-refractivity contribution in [3.8, 4) is 11.1 Å². The van der Waals surface area contributed by atoms with Crippen LogP contribution in [0.25, 0.3) is 11.1 Å². The van der Waals surface area contributed by atoms with Gasteiger partial charge in [0, 0.05) is 15.1 Å². The molecule has 0 saturated carbocycles. The summed E-state index contributed by atoms with van der Waals surface area (Å²) in [6.45, 7) is 0.813. The third-order valence-electron chi connectivity index (χ3n) is 4.49. The summed E-state index contributed by atoms with van der Waals surface area (Å²) in [4.78, 5) is 9.64. The Morgan fingerprint density at radius 1 is 0.933 bits per heavy atom. The molecule has 0 atom stereocenters. The fourth-order valence-electron chi connectivity index (χ4n) is 2.90. The molecule has 7 heteroatoms. The third kappa shape index (κ3) is 5.34. The summed E-state index contributed by atoms with van der Waals surface area (Å²) >= 11 is 9.41. The van der Waals surface area contributed by atoms with E-state index in [1.807, 2.05) is 48.5 Å². The van der Waals surface area contributed by atoms with Gasteiger partial charge in [-0.05, 0) is 41.0 Å². The van der Waals surface area contributed by atoms with Crippen LogP contribution in [0.15, 0.2) is 95.1 Å². The quantitative estimate of drug-likeness (QED) is 0.241. The van der Waals surface area contributed by atoms with Crippen molar-refractivity contribution in [1.29, 1.82) is 0 Å². The zero-order chi connectivity index (χ0) is 20.8. The molecule has 0 aliphatic rings. The van der Waals surface area contributed by atoms with E-state index in [-0.39, 0.29) is 0 Å². The monoisotopic (exact) mass is 480 g/mol. The third-order valence-corrected chi connectivity index (χ3v) is 5.27. The van der Waals surface area contributed by atoms with Gasteiger partial charge < -0.3 is 4.84 Å². The molecule has 0 saturated heterocycles. The number of oxime groups is 1. The first-order chi connectivity index (χ1) is 14.7. The van der Waals surface area contributed by atoms with Gasteiger partial charge in [0.15, 0.2) is 0 Å². The van der Waals surface area contributed by atoms with Crippen LogP contribution in [0, 0.1) is 0 Å². The Hall–Kier alpha value is -2.96. The summed E-state index contributed by atoms with van der Waals surface area (Å²) in [5.41, 5.74) is 5.00. The molecule has 0 aliphatic heterocycles. The van der Waals surface area contributed by atoms with Crippen molar-refractivity contribution in [2.24, 2.45) is 5.16 Å². The van der Waals surface area contributed by atoms with Crippen molar-refractivity contribution >= 4 is 33.2 Å². The molecule has 0 radical (unpaired) electrons. The number of halogens is 2. The van der Waals surface area contributed by atoms with Gasteiger partial charge in [0.1, 0.15) is 25.0 Å². The van der Waals surface area contributed by atoms with Gasteiger partial charge in [-0.2, -0.15) is 5.10 Å².